The first-order chi connectivity index (χ1) is 9.16. The third-order valence-electron chi connectivity index (χ3n) is 3.19. The van der Waals surface area contributed by atoms with Crippen molar-refractivity contribution in [1.29, 1.82) is 0 Å². The van der Waals surface area contributed by atoms with Gasteiger partial charge in [0.25, 0.3) is 0 Å². The molecule has 114 valence electrons. The molecule has 0 fully saturated rings. The molecule has 0 spiro atoms. The molecule has 0 aliphatic rings. The highest BCUT2D eigenvalue weighted by Gasteiger charge is 2.00. The van der Waals surface area contributed by atoms with Crippen molar-refractivity contribution < 1.29 is 9.90 Å². The summed E-state index contributed by atoms with van der Waals surface area (Å²) in [6.45, 7) is 4.21. The number of carbonyl (C=O) groups excluding carboxylic acids is 1. The summed E-state index contributed by atoms with van der Waals surface area (Å²) in [5.74, 6) is 0.0658. The fourth-order valence-corrected chi connectivity index (χ4v) is 1.98. The van der Waals surface area contributed by atoms with E-state index in [-0.39, 0.29) is 5.91 Å². The van der Waals surface area contributed by atoms with Crippen molar-refractivity contribution in [3.05, 3.63) is 0 Å². The Kier molecular flexibility index (Phi) is 13.4. The van der Waals surface area contributed by atoms with Gasteiger partial charge in [0.15, 0.2) is 0 Å². The van der Waals surface area contributed by atoms with Gasteiger partial charge in [-0.1, -0.05) is 58.3 Å². The fourth-order valence-electron chi connectivity index (χ4n) is 1.98. The van der Waals surface area contributed by atoms with Crippen molar-refractivity contribution in [1.82, 2.24) is 10.6 Å². The minimum absolute atomic E-state index is 0.0658. The van der Waals surface area contributed by atoms with E-state index in [1.54, 1.807) is 6.92 Å². The second-order valence-electron chi connectivity index (χ2n) is 5.24. The van der Waals surface area contributed by atoms with Crippen LogP contribution in [-0.4, -0.2) is 23.9 Å². The van der Waals surface area contributed by atoms with Crippen molar-refractivity contribution >= 4 is 5.91 Å². The van der Waals surface area contributed by atoms with Gasteiger partial charge in [0.1, 0.15) is 6.23 Å². The Labute approximate surface area is 118 Å². The number of unbranched alkanes of at least 4 members (excludes halogenated alkanes) is 8. The predicted octanol–water partition coefficient (Wildman–Crippen LogP) is 2.91. The highest BCUT2D eigenvalue weighted by atomic mass is 16.3. The Morgan fingerprint density at radius 3 is 2.05 bits per heavy atom. The highest BCUT2D eigenvalue weighted by Crippen LogP contribution is 2.10. The van der Waals surface area contributed by atoms with Crippen LogP contribution in [0.3, 0.4) is 0 Å². The number of hydrogen-bond acceptors (Lipinski definition) is 3. The van der Waals surface area contributed by atoms with Gasteiger partial charge in [0, 0.05) is 6.42 Å². The maximum absolute atomic E-state index is 11.4. The molecule has 0 saturated heterocycles. The molecule has 3 N–H and O–H groups in total. The molecule has 1 unspecified atom stereocenters. The van der Waals surface area contributed by atoms with Crippen LogP contribution in [0.15, 0.2) is 0 Å². The molecule has 4 heteroatoms. The highest BCUT2D eigenvalue weighted by molar-refractivity contribution is 5.75. The predicted molar refractivity (Wildman–Crippen MR) is 79.7 cm³/mol. The standard InChI is InChI=1S/C15H32N2O2/c1-3-4-5-6-7-8-9-10-11-12-15(19)17-13-16-14(2)18/h14,16,18H,3-13H2,1-2H3,(H,17,19). The smallest absolute Gasteiger partial charge is 0.220 e. The van der Waals surface area contributed by atoms with Crippen molar-refractivity contribution in [3.63, 3.8) is 0 Å². The first-order valence-electron chi connectivity index (χ1n) is 7.85. The minimum atomic E-state index is -0.576. The molecule has 0 aromatic carbocycles. The molecule has 0 radical (unpaired) electrons. The number of hydrogen-bond donors (Lipinski definition) is 3. The van der Waals surface area contributed by atoms with Crippen LogP contribution in [-0.2, 0) is 4.79 Å². The quantitative estimate of drug-likeness (QED) is 0.357. The van der Waals surface area contributed by atoms with Gasteiger partial charge in [-0.15, -0.1) is 0 Å². The van der Waals surface area contributed by atoms with Crippen LogP contribution < -0.4 is 10.6 Å². The van der Waals surface area contributed by atoms with Gasteiger partial charge in [0.05, 0.1) is 6.67 Å². The van der Waals surface area contributed by atoms with Crippen molar-refractivity contribution in [3.8, 4) is 0 Å². The Bertz CT molecular complexity index is 208. The van der Waals surface area contributed by atoms with Gasteiger partial charge in [-0.2, -0.15) is 0 Å². The topological polar surface area (TPSA) is 61.4 Å². The van der Waals surface area contributed by atoms with Crippen LogP contribution in [0.25, 0.3) is 0 Å². The molecule has 0 heterocycles. The maximum atomic E-state index is 11.4. The van der Waals surface area contributed by atoms with E-state index < -0.39 is 6.23 Å². The van der Waals surface area contributed by atoms with Crippen LogP contribution in [0, 0.1) is 0 Å². The zero-order valence-corrected chi connectivity index (χ0v) is 12.7. The molecular weight excluding hydrogens is 240 g/mol. The number of aliphatic hydroxyl groups excluding tert-OH is 1. The largest absolute Gasteiger partial charge is 0.379 e. The second kappa shape index (κ2) is 13.8. The molecule has 19 heavy (non-hydrogen) atoms. The van der Waals surface area contributed by atoms with Crippen LogP contribution in [0.2, 0.25) is 0 Å². The summed E-state index contributed by atoms with van der Waals surface area (Å²) in [4.78, 5) is 11.4. The average Bonchev–Trinajstić information content (AvgIpc) is 2.36. The monoisotopic (exact) mass is 272 g/mol. The van der Waals surface area contributed by atoms with E-state index in [4.69, 9.17) is 5.11 Å². The van der Waals surface area contributed by atoms with E-state index in [2.05, 4.69) is 17.6 Å². The lowest BCUT2D eigenvalue weighted by atomic mass is 10.1. The van der Waals surface area contributed by atoms with Gasteiger partial charge >= 0.3 is 0 Å². The molecule has 0 bridgehead atoms. The summed E-state index contributed by atoms with van der Waals surface area (Å²) in [5.41, 5.74) is 0. The summed E-state index contributed by atoms with van der Waals surface area (Å²) in [7, 11) is 0. The van der Waals surface area contributed by atoms with Crippen LogP contribution >= 0.6 is 0 Å². The Hall–Kier alpha value is -0.610. The molecule has 0 aromatic heterocycles. The number of nitrogens with one attached hydrogen (secondary N) is 2. The van der Waals surface area contributed by atoms with E-state index >= 15 is 0 Å². The molecule has 1 amide bonds. The lowest BCUT2D eigenvalue weighted by molar-refractivity contribution is -0.121. The summed E-state index contributed by atoms with van der Waals surface area (Å²) in [6.07, 6.45) is 11.4. The van der Waals surface area contributed by atoms with Crippen molar-refractivity contribution in [2.75, 3.05) is 6.67 Å². The fraction of sp³-hybridized carbons (Fsp3) is 0.933. The van der Waals surface area contributed by atoms with Gasteiger partial charge in [-0.05, 0) is 13.3 Å². The first-order valence-corrected chi connectivity index (χ1v) is 7.85. The molecular formula is C15H32N2O2. The molecule has 0 aliphatic carbocycles. The van der Waals surface area contributed by atoms with Gasteiger partial charge in [0.2, 0.25) is 5.91 Å². The number of aliphatic hydroxyl groups is 1. The van der Waals surface area contributed by atoms with Gasteiger partial charge in [-0.25, -0.2) is 0 Å². The van der Waals surface area contributed by atoms with E-state index in [9.17, 15) is 4.79 Å². The number of rotatable bonds is 13. The Morgan fingerprint density at radius 1 is 1.00 bits per heavy atom. The SMILES string of the molecule is CCCCCCCCCCCC(=O)NCNC(C)O. The zero-order valence-electron chi connectivity index (χ0n) is 12.7. The Balaban J connectivity index is 3.14. The molecule has 0 rings (SSSR count). The van der Waals surface area contributed by atoms with Crippen molar-refractivity contribution in [2.45, 2.75) is 84.3 Å². The summed E-state index contributed by atoms with van der Waals surface area (Å²) < 4.78 is 0. The second-order valence-corrected chi connectivity index (χ2v) is 5.24. The van der Waals surface area contributed by atoms with Crippen LogP contribution in [0.4, 0.5) is 0 Å². The lowest BCUT2D eigenvalue weighted by Gasteiger charge is -2.08. The minimum Gasteiger partial charge on any atom is -0.379 e. The maximum Gasteiger partial charge on any atom is 0.220 e. The summed E-state index contributed by atoms with van der Waals surface area (Å²) >= 11 is 0. The summed E-state index contributed by atoms with van der Waals surface area (Å²) in [6, 6.07) is 0. The lowest BCUT2D eigenvalue weighted by Crippen LogP contribution is -2.38. The van der Waals surface area contributed by atoms with E-state index in [0.717, 1.165) is 12.8 Å². The normalized spacial score (nSPS) is 12.4. The number of amides is 1. The van der Waals surface area contributed by atoms with E-state index in [1.165, 1.54) is 44.9 Å². The zero-order chi connectivity index (χ0) is 14.3. The van der Waals surface area contributed by atoms with Crippen LogP contribution in [0.5, 0.6) is 0 Å². The van der Waals surface area contributed by atoms with E-state index in [0.29, 0.717) is 13.1 Å². The van der Waals surface area contributed by atoms with Gasteiger partial charge < -0.3 is 10.4 Å². The molecule has 0 aromatic rings. The molecule has 4 nitrogen and oxygen atoms in total. The van der Waals surface area contributed by atoms with Gasteiger partial charge in [-0.3, -0.25) is 10.1 Å². The average molecular weight is 272 g/mol. The Morgan fingerprint density at radius 2 is 1.53 bits per heavy atom. The molecule has 1 atom stereocenters. The van der Waals surface area contributed by atoms with Crippen LogP contribution in [0.1, 0.15) is 78.1 Å². The van der Waals surface area contributed by atoms with Crippen molar-refractivity contribution in [2.24, 2.45) is 0 Å². The molecule has 0 saturated carbocycles. The third kappa shape index (κ3) is 15.3. The number of carbonyl (C=O) groups is 1. The third-order valence-corrected chi connectivity index (χ3v) is 3.19. The van der Waals surface area contributed by atoms with E-state index in [1.807, 2.05) is 0 Å². The molecule has 0 aliphatic heterocycles. The summed E-state index contributed by atoms with van der Waals surface area (Å²) in [5, 5.41) is 14.4. The first kappa shape index (κ1) is 18.4.